The van der Waals surface area contributed by atoms with E-state index in [-0.39, 0.29) is 24.0 Å². The molecule has 24 heavy (non-hydrogen) atoms. The molecule has 4 nitrogen and oxygen atoms in total. The zero-order valence-electron chi connectivity index (χ0n) is 14.6. The van der Waals surface area contributed by atoms with E-state index in [1.54, 1.807) is 11.3 Å². The van der Waals surface area contributed by atoms with Gasteiger partial charge in [-0.05, 0) is 19.4 Å². The van der Waals surface area contributed by atoms with Gasteiger partial charge in [0.05, 0.1) is 10.7 Å². The number of nitrogens with one attached hydrogen (secondary N) is 2. The average Bonchev–Trinajstić information content (AvgIpc) is 2.98. The highest BCUT2D eigenvalue weighted by Gasteiger charge is 2.05. The molecule has 0 radical (unpaired) electrons. The predicted octanol–water partition coefficient (Wildman–Crippen LogP) is 3.97. The van der Waals surface area contributed by atoms with E-state index in [0.717, 1.165) is 42.7 Å². The predicted molar refractivity (Wildman–Crippen MR) is 115 cm³/mol. The normalized spacial score (nSPS) is 12.4. The lowest BCUT2D eigenvalue weighted by Crippen LogP contribution is -2.38. The number of aryl methyl sites for hydroxylation is 1. The monoisotopic (exact) mass is 458 g/mol. The number of aromatic nitrogens is 1. The van der Waals surface area contributed by atoms with Crippen molar-refractivity contribution in [1.29, 1.82) is 0 Å². The van der Waals surface area contributed by atoms with Crippen molar-refractivity contribution in [3.8, 4) is 0 Å². The van der Waals surface area contributed by atoms with Crippen LogP contribution in [0.1, 0.15) is 36.0 Å². The number of guanidine groups is 1. The van der Waals surface area contributed by atoms with Crippen LogP contribution in [0.4, 0.5) is 0 Å². The average molecular weight is 458 g/mol. The number of rotatable bonds is 7. The Morgan fingerprint density at radius 3 is 2.62 bits per heavy atom. The molecule has 0 aliphatic heterocycles. The number of halogens is 1. The first kappa shape index (κ1) is 20.9. The van der Waals surface area contributed by atoms with E-state index in [0.29, 0.717) is 5.92 Å². The van der Waals surface area contributed by atoms with Gasteiger partial charge in [0.2, 0.25) is 0 Å². The molecule has 2 rings (SSSR count). The van der Waals surface area contributed by atoms with Crippen molar-refractivity contribution in [3.05, 3.63) is 52.0 Å². The molecule has 1 atom stereocenters. The molecule has 0 bridgehead atoms. The Morgan fingerprint density at radius 1 is 1.25 bits per heavy atom. The highest BCUT2D eigenvalue weighted by molar-refractivity contribution is 14.0. The second-order valence-corrected chi connectivity index (χ2v) is 6.63. The van der Waals surface area contributed by atoms with Gasteiger partial charge in [-0.2, -0.15) is 0 Å². The molecule has 0 aliphatic rings. The van der Waals surface area contributed by atoms with E-state index < -0.39 is 0 Å². The molecule has 132 valence electrons. The van der Waals surface area contributed by atoms with Gasteiger partial charge < -0.3 is 10.6 Å². The van der Waals surface area contributed by atoms with E-state index >= 15 is 0 Å². The van der Waals surface area contributed by atoms with Crippen LogP contribution in [-0.4, -0.2) is 30.6 Å². The van der Waals surface area contributed by atoms with E-state index in [2.05, 4.69) is 59.1 Å². The summed E-state index contributed by atoms with van der Waals surface area (Å²) in [5.74, 6) is 1.29. The number of thiazole rings is 1. The largest absolute Gasteiger partial charge is 0.357 e. The first-order valence-electron chi connectivity index (χ1n) is 8.17. The molecule has 2 N–H and O–H groups in total. The SMILES string of the molecule is CCNC(=NCC(C)c1ccccc1)NCCc1csc(C)n1.I. The van der Waals surface area contributed by atoms with Gasteiger partial charge in [-0.3, -0.25) is 4.99 Å². The molecule has 1 unspecified atom stereocenters. The fraction of sp³-hybridized carbons (Fsp3) is 0.444. The molecular weight excluding hydrogens is 431 g/mol. The fourth-order valence-corrected chi connectivity index (χ4v) is 2.94. The molecule has 6 heteroatoms. The minimum atomic E-state index is 0. The van der Waals surface area contributed by atoms with Crippen LogP contribution in [0.15, 0.2) is 40.7 Å². The topological polar surface area (TPSA) is 49.3 Å². The summed E-state index contributed by atoms with van der Waals surface area (Å²) >= 11 is 1.70. The van der Waals surface area contributed by atoms with Gasteiger partial charge in [0.15, 0.2) is 5.96 Å². The van der Waals surface area contributed by atoms with Crippen LogP contribution in [0.5, 0.6) is 0 Å². The van der Waals surface area contributed by atoms with Crippen LogP contribution in [0.25, 0.3) is 0 Å². The smallest absolute Gasteiger partial charge is 0.191 e. The maximum atomic E-state index is 4.70. The fourth-order valence-electron chi connectivity index (χ4n) is 2.29. The Morgan fingerprint density at radius 2 is 2.00 bits per heavy atom. The third kappa shape index (κ3) is 7.17. The van der Waals surface area contributed by atoms with E-state index in [4.69, 9.17) is 4.99 Å². The molecule has 1 aromatic carbocycles. The van der Waals surface area contributed by atoms with E-state index in [1.165, 1.54) is 5.56 Å². The Bertz CT molecular complexity index is 612. The Balaban J connectivity index is 0.00000288. The molecule has 0 fully saturated rings. The lowest BCUT2D eigenvalue weighted by atomic mass is 10.0. The molecule has 0 amide bonds. The van der Waals surface area contributed by atoms with Crippen molar-refractivity contribution in [2.45, 2.75) is 33.1 Å². The zero-order chi connectivity index (χ0) is 16.5. The highest BCUT2D eigenvalue weighted by atomic mass is 127. The van der Waals surface area contributed by atoms with Crippen molar-refractivity contribution < 1.29 is 0 Å². The number of benzene rings is 1. The summed E-state index contributed by atoms with van der Waals surface area (Å²) in [5.41, 5.74) is 2.47. The van der Waals surface area contributed by atoms with Gasteiger partial charge in [-0.1, -0.05) is 37.3 Å². The highest BCUT2D eigenvalue weighted by Crippen LogP contribution is 2.14. The molecule has 2 aromatic rings. The van der Waals surface area contributed by atoms with Gasteiger partial charge in [0, 0.05) is 37.4 Å². The first-order chi connectivity index (χ1) is 11.2. The van der Waals surface area contributed by atoms with Crippen molar-refractivity contribution in [3.63, 3.8) is 0 Å². The van der Waals surface area contributed by atoms with Crippen LogP contribution in [-0.2, 0) is 6.42 Å². The number of aliphatic imine (C=N–C) groups is 1. The molecule has 0 aliphatic carbocycles. The van der Waals surface area contributed by atoms with Crippen molar-refractivity contribution in [1.82, 2.24) is 15.6 Å². The molecule has 1 aromatic heterocycles. The maximum absolute atomic E-state index is 4.70. The summed E-state index contributed by atoms with van der Waals surface area (Å²) < 4.78 is 0. The molecule has 1 heterocycles. The number of hydrogen-bond donors (Lipinski definition) is 2. The van der Waals surface area contributed by atoms with Gasteiger partial charge in [0.1, 0.15) is 0 Å². The van der Waals surface area contributed by atoms with Crippen molar-refractivity contribution >= 4 is 41.3 Å². The van der Waals surface area contributed by atoms with Gasteiger partial charge in [0.25, 0.3) is 0 Å². The van der Waals surface area contributed by atoms with E-state index in [9.17, 15) is 0 Å². The second-order valence-electron chi connectivity index (χ2n) is 5.57. The first-order valence-corrected chi connectivity index (χ1v) is 9.05. The summed E-state index contributed by atoms with van der Waals surface area (Å²) in [5, 5.41) is 9.94. The maximum Gasteiger partial charge on any atom is 0.191 e. The third-order valence-corrected chi connectivity index (χ3v) is 4.40. The summed E-state index contributed by atoms with van der Waals surface area (Å²) in [6.45, 7) is 8.81. The van der Waals surface area contributed by atoms with Gasteiger partial charge >= 0.3 is 0 Å². The summed E-state index contributed by atoms with van der Waals surface area (Å²) in [7, 11) is 0. The van der Waals surface area contributed by atoms with Crippen LogP contribution >= 0.6 is 35.3 Å². The van der Waals surface area contributed by atoms with Crippen LogP contribution in [0, 0.1) is 6.92 Å². The molecule has 0 saturated carbocycles. The second kappa shape index (κ2) is 11.4. The van der Waals surface area contributed by atoms with Gasteiger partial charge in [-0.25, -0.2) is 4.98 Å². The minimum absolute atomic E-state index is 0. The third-order valence-electron chi connectivity index (χ3n) is 3.58. The Kier molecular flexibility index (Phi) is 9.94. The van der Waals surface area contributed by atoms with Crippen molar-refractivity contribution in [2.24, 2.45) is 4.99 Å². The van der Waals surface area contributed by atoms with E-state index in [1.807, 2.05) is 13.0 Å². The Hall–Kier alpha value is -1.15. The molecule has 0 spiro atoms. The lowest BCUT2D eigenvalue weighted by Gasteiger charge is -2.13. The number of hydrogen-bond acceptors (Lipinski definition) is 3. The summed E-state index contributed by atoms with van der Waals surface area (Å²) in [4.78, 5) is 9.19. The van der Waals surface area contributed by atoms with Crippen LogP contribution in [0.2, 0.25) is 0 Å². The van der Waals surface area contributed by atoms with Gasteiger partial charge in [-0.15, -0.1) is 35.3 Å². The number of nitrogens with zero attached hydrogens (tertiary/aromatic N) is 2. The quantitative estimate of drug-likeness (QED) is 0.375. The standard InChI is InChI=1S/C18H26N4S.HI/c1-4-19-18(20-11-10-17-13-23-15(3)22-17)21-12-14(2)16-8-6-5-7-9-16;/h5-9,13-14H,4,10-12H2,1-3H3,(H2,19,20,21);1H. The molecular formula is C18H27IN4S. The minimum Gasteiger partial charge on any atom is -0.357 e. The van der Waals surface area contributed by atoms with Crippen LogP contribution < -0.4 is 10.6 Å². The van der Waals surface area contributed by atoms with Crippen molar-refractivity contribution in [2.75, 3.05) is 19.6 Å². The van der Waals surface area contributed by atoms with Crippen LogP contribution in [0.3, 0.4) is 0 Å². The molecule has 0 saturated heterocycles. The summed E-state index contributed by atoms with van der Waals surface area (Å²) in [6, 6.07) is 10.5. The Labute approximate surface area is 166 Å². The summed E-state index contributed by atoms with van der Waals surface area (Å²) in [6.07, 6.45) is 0.920. The zero-order valence-corrected chi connectivity index (χ0v) is 17.7. The lowest BCUT2D eigenvalue weighted by molar-refractivity contribution is 0.743.